The van der Waals surface area contributed by atoms with Crippen LogP contribution in [0.25, 0.3) is 11.5 Å². The van der Waals surface area contributed by atoms with Crippen LogP contribution in [0.1, 0.15) is 30.3 Å². The molecule has 7 heteroatoms. The second kappa shape index (κ2) is 7.66. The summed E-state index contributed by atoms with van der Waals surface area (Å²) < 4.78 is 5.33. The zero-order chi connectivity index (χ0) is 18.8. The molecule has 0 amide bonds. The van der Waals surface area contributed by atoms with Gasteiger partial charge in [0.15, 0.2) is 5.82 Å². The average molecular weight is 385 g/mol. The number of piperidine rings is 1. The molecule has 1 unspecified atom stereocenters. The van der Waals surface area contributed by atoms with Crippen molar-refractivity contribution in [2.75, 3.05) is 18.0 Å². The van der Waals surface area contributed by atoms with Crippen LogP contribution >= 0.6 is 11.6 Å². The molecule has 0 bridgehead atoms. The van der Waals surface area contributed by atoms with Crippen LogP contribution in [-0.4, -0.2) is 33.3 Å². The molecule has 2 aromatic heterocycles. The largest absolute Gasteiger partial charge is 0.388 e. The Labute approximate surface area is 162 Å². The van der Waals surface area contributed by atoms with E-state index in [-0.39, 0.29) is 5.92 Å². The first-order valence-electron chi connectivity index (χ1n) is 9.06. The minimum Gasteiger partial charge on any atom is -0.388 e. The van der Waals surface area contributed by atoms with Gasteiger partial charge in [0.2, 0.25) is 0 Å². The summed E-state index contributed by atoms with van der Waals surface area (Å²) in [5, 5.41) is 15.3. The van der Waals surface area contributed by atoms with Crippen molar-refractivity contribution in [1.29, 1.82) is 0 Å². The van der Waals surface area contributed by atoms with Gasteiger partial charge in [-0.2, -0.15) is 4.98 Å². The molecular formula is C20H21ClN4O2. The summed E-state index contributed by atoms with van der Waals surface area (Å²) in [6.07, 6.45) is 3.05. The molecule has 1 fully saturated rings. The monoisotopic (exact) mass is 384 g/mol. The number of pyridine rings is 1. The van der Waals surface area contributed by atoms with Crippen molar-refractivity contribution in [3.05, 3.63) is 59.0 Å². The Morgan fingerprint density at radius 3 is 2.59 bits per heavy atom. The molecule has 0 saturated carbocycles. The Kier molecular flexibility index (Phi) is 5.09. The summed E-state index contributed by atoms with van der Waals surface area (Å²) >= 11 is 5.94. The number of anilines is 1. The summed E-state index contributed by atoms with van der Waals surface area (Å²) in [6.45, 7) is 3.42. The highest BCUT2D eigenvalue weighted by atomic mass is 35.5. The molecule has 140 valence electrons. The third-order valence-corrected chi connectivity index (χ3v) is 5.29. The van der Waals surface area contributed by atoms with Crippen LogP contribution in [0.15, 0.2) is 47.1 Å². The van der Waals surface area contributed by atoms with Crippen LogP contribution in [-0.2, 0) is 0 Å². The van der Waals surface area contributed by atoms with Gasteiger partial charge in [-0.25, -0.2) is 4.98 Å². The third-order valence-electron chi connectivity index (χ3n) is 5.04. The predicted octanol–water partition coefficient (Wildman–Crippen LogP) is 4.04. The van der Waals surface area contributed by atoms with Crippen molar-refractivity contribution >= 4 is 17.4 Å². The Bertz CT molecular complexity index is 904. The van der Waals surface area contributed by atoms with Crippen molar-refractivity contribution in [2.45, 2.75) is 25.9 Å². The van der Waals surface area contributed by atoms with Crippen LogP contribution < -0.4 is 4.90 Å². The zero-order valence-electron chi connectivity index (χ0n) is 15.0. The summed E-state index contributed by atoms with van der Waals surface area (Å²) in [7, 11) is 0. The Hall–Kier alpha value is -2.44. The second-order valence-corrected chi connectivity index (χ2v) is 7.28. The lowest BCUT2D eigenvalue weighted by Gasteiger charge is -2.35. The van der Waals surface area contributed by atoms with Gasteiger partial charge in [0.25, 0.3) is 5.89 Å². The fourth-order valence-corrected chi connectivity index (χ4v) is 3.71. The molecule has 1 aliphatic rings. The number of aliphatic hydroxyl groups is 1. The number of aromatic nitrogens is 3. The van der Waals surface area contributed by atoms with E-state index in [0.29, 0.717) is 16.7 Å². The molecule has 1 saturated heterocycles. The lowest BCUT2D eigenvalue weighted by atomic mass is 9.87. The van der Waals surface area contributed by atoms with Crippen molar-refractivity contribution in [2.24, 2.45) is 5.92 Å². The van der Waals surface area contributed by atoms with E-state index < -0.39 is 6.10 Å². The summed E-state index contributed by atoms with van der Waals surface area (Å²) in [5.74, 6) is 2.14. The normalized spacial score (nSPS) is 16.5. The Morgan fingerprint density at radius 1 is 1.19 bits per heavy atom. The van der Waals surface area contributed by atoms with Gasteiger partial charge in [-0.3, -0.25) is 0 Å². The van der Waals surface area contributed by atoms with E-state index in [2.05, 4.69) is 20.0 Å². The summed E-state index contributed by atoms with van der Waals surface area (Å²) in [4.78, 5) is 11.1. The first-order chi connectivity index (χ1) is 13.1. The molecule has 6 nitrogen and oxygen atoms in total. The third kappa shape index (κ3) is 3.82. The SMILES string of the molecule is Cc1noc(-c2cccnc2N2CCC(C(O)c3ccc(Cl)cc3)CC2)n1. The molecule has 4 rings (SSSR count). The van der Waals surface area contributed by atoms with Crippen molar-refractivity contribution < 1.29 is 9.63 Å². The molecule has 1 atom stereocenters. The number of hydrogen-bond donors (Lipinski definition) is 1. The van der Waals surface area contributed by atoms with Gasteiger partial charge < -0.3 is 14.5 Å². The summed E-state index contributed by atoms with van der Waals surface area (Å²) in [5.41, 5.74) is 1.76. The number of benzene rings is 1. The second-order valence-electron chi connectivity index (χ2n) is 6.84. The fraction of sp³-hybridized carbons (Fsp3) is 0.350. The van der Waals surface area contributed by atoms with Gasteiger partial charge in [-0.05, 0) is 55.5 Å². The number of hydrogen-bond acceptors (Lipinski definition) is 6. The lowest BCUT2D eigenvalue weighted by molar-refractivity contribution is 0.0929. The van der Waals surface area contributed by atoms with Gasteiger partial charge in [0.05, 0.1) is 11.7 Å². The molecule has 0 spiro atoms. The maximum Gasteiger partial charge on any atom is 0.261 e. The highest BCUT2D eigenvalue weighted by Gasteiger charge is 2.28. The first-order valence-corrected chi connectivity index (χ1v) is 9.44. The van der Waals surface area contributed by atoms with Gasteiger partial charge in [-0.15, -0.1) is 0 Å². The van der Waals surface area contributed by atoms with E-state index in [9.17, 15) is 5.11 Å². The molecule has 0 radical (unpaired) electrons. The van der Waals surface area contributed by atoms with Crippen LogP contribution in [0.4, 0.5) is 5.82 Å². The minimum atomic E-state index is -0.480. The quantitative estimate of drug-likeness (QED) is 0.731. The van der Waals surface area contributed by atoms with Gasteiger partial charge in [-0.1, -0.05) is 28.9 Å². The van der Waals surface area contributed by atoms with E-state index in [1.165, 1.54) is 0 Å². The molecule has 1 N–H and O–H groups in total. The molecule has 0 aliphatic carbocycles. The first kappa shape index (κ1) is 17.9. The van der Waals surface area contributed by atoms with E-state index in [1.807, 2.05) is 36.4 Å². The van der Waals surface area contributed by atoms with E-state index in [1.54, 1.807) is 13.1 Å². The Morgan fingerprint density at radius 2 is 1.93 bits per heavy atom. The number of nitrogens with zero attached hydrogens (tertiary/aromatic N) is 4. The maximum absolute atomic E-state index is 10.7. The fourth-order valence-electron chi connectivity index (χ4n) is 3.58. The van der Waals surface area contributed by atoms with E-state index >= 15 is 0 Å². The van der Waals surface area contributed by atoms with Crippen molar-refractivity contribution in [1.82, 2.24) is 15.1 Å². The highest BCUT2D eigenvalue weighted by molar-refractivity contribution is 6.30. The Balaban J connectivity index is 1.48. The van der Waals surface area contributed by atoms with Crippen molar-refractivity contribution in [3.8, 4) is 11.5 Å². The predicted molar refractivity (Wildman–Crippen MR) is 104 cm³/mol. The van der Waals surface area contributed by atoms with Gasteiger partial charge in [0, 0.05) is 24.3 Å². The lowest BCUT2D eigenvalue weighted by Crippen LogP contribution is -2.36. The standard InChI is InChI=1S/C20H21ClN4O2/c1-13-23-20(27-24-13)17-3-2-10-22-19(17)25-11-8-15(9-12-25)18(26)14-4-6-16(21)7-5-14/h2-7,10,15,18,26H,8-9,11-12H2,1H3. The molecule has 3 aromatic rings. The number of aliphatic hydroxyl groups excluding tert-OH is 1. The number of aryl methyl sites for hydroxylation is 1. The molecule has 1 aliphatic heterocycles. The molecule has 3 heterocycles. The van der Waals surface area contributed by atoms with Crippen LogP contribution in [0.3, 0.4) is 0 Å². The molecular weight excluding hydrogens is 364 g/mol. The van der Waals surface area contributed by atoms with Crippen LogP contribution in [0.2, 0.25) is 5.02 Å². The molecule has 27 heavy (non-hydrogen) atoms. The molecule has 1 aromatic carbocycles. The smallest absolute Gasteiger partial charge is 0.261 e. The van der Waals surface area contributed by atoms with Crippen LogP contribution in [0.5, 0.6) is 0 Å². The topological polar surface area (TPSA) is 75.3 Å². The van der Waals surface area contributed by atoms with E-state index in [0.717, 1.165) is 42.9 Å². The van der Waals surface area contributed by atoms with Gasteiger partial charge in [0.1, 0.15) is 5.82 Å². The minimum absolute atomic E-state index is 0.209. The van der Waals surface area contributed by atoms with Gasteiger partial charge >= 0.3 is 0 Å². The maximum atomic E-state index is 10.7. The number of rotatable bonds is 4. The van der Waals surface area contributed by atoms with Crippen molar-refractivity contribution in [3.63, 3.8) is 0 Å². The number of halogens is 1. The summed E-state index contributed by atoms with van der Waals surface area (Å²) in [6, 6.07) is 11.3. The average Bonchev–Trinajstić information content (AvgIpc) is 3.14. The van der Waals surface area contributed by atoms with Crippen LogP contribution in [0, 0.1) is 12.8 Å². The highest BCUT2D eigenvalue weighted by Crippen LogP contribution is 2.35. The van der Waals surface area contributed by atoms with E-state index in [4.69, 9.17) is 16.1 Å². The zero-order valence-corrected chi connectivity index (χ0v) is 15.8.